The van der Waals surface area contributed by atoms with Gasteiger partial charge < -0.3 is 4.74 Å². The van der Waals surface area contributed by atoms with Crippen molar-refractivity contribution >= 4 is 74.2 Å². The lowest BCUT2D eigenvalue weighted by Crippen LogP contribution is -2.27. The Kier molecular flexibility index (Phi) is 7.80. The number of thioether (sulfide) groups is 1. The van der Waals surface area contributed by atoms with Crippen molar-refractivity contribution in [1.29, 1.82) is 0 Å². The molecule has 1 heterocycles. The van der Waals surface area contributed by atoms with Crippen LogP contribution >= 0.6 is 56.9 Å². The monoisotopic (exact) mass is 681 g/mol. The van der Waals surface area contributed by atoms with Crippen LogP contribution in [0, 0.1) is 21.0 Å². The highest BCUT2D eigenvalue weighted by Gasteiger charge is 2.35. The third-order valence-electron chi connectivity index (χ3n) is 5.12. The molecule has 1 saturated heterocycles. The number of rotatable bonds is 6. The van der Waals surface area contributed by atoms with Crippen molar-refractivity contribution in [2.24, 2.45) is 0 Å². The van der Waals surface area contributed by atoms with Gasteiger partial charge in [0.1, 0.15) is 12.4 Å². The van der Waals surface area contributed by atoms with E-state index < -0.39 is 0 Å². The average Bonchev–Trinajstić information content (AvgIpc) is 3.02. The van der Waals surface area contributed by atoms with Crippen LogP contribution < -0.4 is 4.74 Å². The molecule has 0 saturated carbocycles. The van der Waals surface area contributed by atoms with E-state index in [4.69, 9.17) is 4.74 Å². The highest BCUT2D eigenvalue weighted by atomic mass is 127. The van der Waals surface area contributed by atoms with Crippen LogP contribution in [0.5, 0.6) is 5.75 Å². The summed E-state index contributed by atoms with van der Waals surface area (Å²) < 4.78 is 7.99. The molecule has 3 aromatic rings. The van der Waals surface area contributed by atoms with Crippen LogP contribution in [0.3, 0.4) is 0 Å². The van der Waals surface area contributed by atoms with Gasteiger partial charge >= 0.3 is 0 Å². The van der Waals surface area contributed by atoms with Gasteiger partial charge in [0.15, 0.2) is 0 Å². The molecule has 0 atom stereocenters. The lowest BCUT2D eigenvalue weighted by Gasteiger charge is -2.13. The van der Waals surface area contributed by atoms with Crippen molar-refractivity contribution in [3.05, 3.63) is 101 Å². The molecule has 4 nitrogen and oxygen atoms in total. The molecule has 33 heavy (non-hydrogen) atoms. The lowest BCUT2D eigenvalue weighted by molar-refractivity contribution is -0.123. The quantitative estimate of drug-likeness (QED) is 0.202. The zero-order chi connectivity index (χ0) is 23.5. The molecule has 1 fully saturated rings. The van der Waals surface area contributed by atoms with Crippen LogP contribution in [0.1, 0.15) is 27.8 Å². The summed E-state index contributed by atoms with van der Waals surface area (Å²) in [5.74, 6) is 0.567. The van der Waals surface area contributed by atoms with Crippen LogP contribution in [-0.4, -0.2) is 16.0 Å². The Morgan fingerprint density at radius 2 is 1.61 bits per heavy atom. The first-order valence-corrected chi connectivity index (χ1v) is 13.3. The Labute approximate surface area is 225 Å². The summed E-state index contributed by atoms with van der Waals surface area (Å²) in [6, 6.07) is 20.1. The molecule has 0 spiro atoms. The van der Waals surface area contributed by atoms with E-state index in [0.717, 1.165) is 46.9 Å². The standard InChI is InChI=1S/C26H21I2NO3S/c1-16-6-8-18(9-7-16)15-32-24-21(27)11-20(12-22(24)28)13-23-25(30)29(26(31)33-23)14-19-5-3-4-17(2)10-19/h3-13H,14-15H2,1-2H3/b23-13-. The third-order valence-corrected chi connectivity index (χ3v) is 7.63. The number of amides is 2. The molecule has 0 aromatic heterocycles. The average molecular weight is 681 g/mol. The molecule has 7 heteroatoms. The SMILES string of the molecule is Cc1ccc(COc2c(I)cc(/C=C3\SC(=O)N(Cc4cccc(C)c4)C3=O)cc2I)cc1. The number of aryl methyl sites for hydroxylation is 2. The van der Waals surface area contributed by atoms with E-state index in [2.05, 4.69) is 76.4 Å². The van der Waals surface area contributed by atoms with E-state index in [-0.39, 0.29) is 17.7 Å². The minimum absolute atomic E-state index is 0.241. The number of carbonyl (C=O) groups excluding carboxylic acids is 2. The number of carbonyl (C=O) groups is 2. The molecule has 0 bridgehead atoms. The maximum atomic E-state index is 12.9. The van der Waals surface area contributed by atoms with Crippen molar-refractivity contribution in [2.75, 3.05) is 0 Å². The van der Waals surface area contributed by atoms with E-state index in [1.807, 2.05) is 43.3 Å². The van der Waals surface area contributed by atoms with Crippen molar-refractivity contribution in [3.8, 4) is 5.75 Å². The van der Waals surface area contributed by atoms with E-state index >= 15 is 0 Å². The Hall–Kier alpha value is -1.85. The Bertz CT molecular complexity index is 1230. The topological polar surface area (TPSA) is 46.6 Å². The zero-order valence-electron chi connectivity index (χ0n) is 18.1. The van der Waals surface area contributed by atoms with Gasteiger partial charge in [-0.05, 0) is 106 Å². The van der Waals surface area contributed by atoms with Crippen molar-refractivity contribution in [2.45, 2.75) is 27.0 Å². The Morgan fingerprint density at radius 1 is 0.909 bits per heavy atom. The fraction of sp³-hybridized carbons (Fsp3) is 0.154. The first-order valence-electron chi connectivity index (χ1n) is 10.3. The number of ether oxygens (including phenoxy) is 1. The van der Waals surface area contributed by atoms with E-state index in [9.17, 15) is 9.59 Å². The van der Waals surface area contributed by atoms with Gasteiger partial charge in [-0.1, -0.05) is 59.7 Å². The molecule has 0 unspecified atom stereocenters. The fourth-order valence-corrected chi connectivity index (χ4v) is 6.39. The second kappa shape index (κ2) is 10.6. The number of benzene rings is 3. The first kappa shape index (κ1) is 24.3. The second-order valence-electron chi connectivity index (χ2n) is 7.84. The first-order chi connectivity index (χ1) is 15.8. The van der Waals surface area contributed by atoms with Crippen LogP contribution in [0.25, 0.3) is 6.08 Å². The predicted molar refractivity (Wildman–Crippen MR) is 150 cm³/mol. The van der Waals surface area contributed by atoms with Gasteiger partial charge in [0.2, 0.25) is 0 Å². The Morgan fingerprint density at radius 3 is 2.27 bits per heavy atom. The van der Waals surface area contributed by atoms with E-state index in [0.29, 0.717) is 11.5 Å². The molecule has 2 amide bonds. The molecular weight excluding hydrogens is 660 g/mol. The summed E-state index contributed by atoms with van der Waals surface area (Å²) in [6.45, 7) is 4.83. The molecule has 0 N–H and O–H groups in total. The fourth-order valence-electron chi connectivity index (χ4n) is 3.42. The maximum absolute atomic E-state index is 12.9. The van der Waals surface area contributed by atoms with E-state index in [1.165, 1.54) is 10.5 Å². The van der Waals surface area contributed by atoms with Gasteiger partial charge in [-0.25, -0.2) is 0 Å². The van der Waals surface area contributed by atoms with E-state index in [1.54, 1.807) is 6.08 Å². The zero-order valence-corrected chi connectivity index (χ0v) is 23.2. The van der Waals surface area contributed by atoms with Gasteiger partial charge in [0, 0.05) is 0 Å². The summed E-state index contributed by atoms with van der Waals surface area (Å²) in [5.41, 5.74) is 5.24. The van der Waals surface area contributed by atoms with Crippen molar-refractivity contribution in [3.63, 3.8) is 0 Å². The number of nitrogens with zero attached hydrogens (tertiary/aromatic N) is 1. The highest BCUT2D eigenvalue weighted by Crippen LogP contribution is 2.35. The van der Waals surface area contributed by atoms with Gasteiger partial charge in [-0.15, -0.1) is 0 Å². The number of hydrogen-bond acceptors (Lipinski definition) is 4. The highest BCUT2D eigenvalue weighted by molar-refractivity contribution is 14.1. The number of halogens is 2. The molecule has 4 rings (SSSR count). The second-order valence-corrected chi connectivity index (χ2v) is 11.2. The van der Waals surface area contributed by atoms with Gasteiger partial charge in [0.25, 0.3) is 11.1 Å². The third kappa shape index (κ3) is 5.99. The van der Waals surface area contributed by atoms with Crippen LogP contribution in [0.4, 0.5) is 4.79 Å². The van der Waals surface area contributed by atoms with Crippen LogP contribution in [-0.2, 0) is 17.9 Å². The molecule has 0 aliphatic carbocycles. The number of imide groups is 1. The largest absolute Gasteiger partial charge is 0.487 e. The summed E-state index contributed by atoms with van der Waals surface area (Å²) >= 11 is 5.49. The molecule has 3 aromatic carbocycles. The normalized spacial score (nSPS) is 14.9. The minimum Gasteiger partial charge on any atom is -0.487 e. The summed E-state index contributed by atoms with van der Waals surface area (Å²) in [5, 5.41) is -0.241. The smallest absolute Gasteiger partial charge is 0.293 e. The van der Waals surface area contributed by atoms with Gasteiger partial charge in [-0.2, -0.15) is 0 Å². The predicted octanol–water partition coefficient (Wildman–Crippen LogP) is 7.33. The van der Waals surface area contributed by atoms with Crippen molar-refractivity contribution < 1.29 is 14.3 Å². The maximum Gasteiger partial charge on any atom is 0.293 e. The molecule has 0 radical (unpaired) electrons. The molecule has 1 aliphatic rings. The Balaban J connectivity index is 1.49. The summed E-state index contributed by atoms with van der Waals surface area (Å²) in [7, 11) is 0. The number of hydrogen-bond donors (Lipinski definition) is 0. The summed E-state index contributed by atoms with van der Waals surface area (Å²) in [6.07, 6.45) is 1.79. The van der Waals surface area contributed by atoms with Crippen LogP contribution in [0.15, 0.2) is 65.6 Å². The van der Waals surface area contributed by atoms with Crippen LogP contribution in [0.2, 0.25) is 0 Å². The molecule has 168 valence electrons. The summed E-state index contributed by atoms with van der Waals surface area (Å²) in [4.78, 5) is 27.2. The van der Waals surface area contributed by atoms with Crippen molar-refractivity contribution in [1.82, 2.24) is 4.90 Å². The van der Waals surface area contributed by atoms with Gasteiger partial charge in [-0.3, -0.25) is 14.5 Å². The van der Waals surface area contributed by atoms with Gasteiger partial charge in [0.05, 0.1) is 18.6 Å². The minimum atomic E-state index is -0.253. The lowest BCUT2D eigenvalue weighted by atomic mass is 10.1. The molecular formula is C26H21I2NO3S. The molecule has 1 aliphatic heterocycles.